The molecule has 0 radical (unpaired) electrons. The molecule has 0 saturated carbocycles. The second-order valence-corrected chi connectivity index (χ2v) is 6.32. The molecular weight excluding hydrogens is 260 g/mol. The molecule has 2 aliphatic rings. The predicted octanol–water partition coefficient (Wildman–Crippen LogP) is 3.96. The van der Waals surface area contributed by atoms with Crippen molar-refractivity contribution in [2.45, 2.75) is 44.8 Å². The normalized spacial score (nSPS) is 34.9. The van der Waals surface area contributed by atoms with Crippen molar-refractivity contribution in [2.75, 3.05) is 6.61 Å². The van der Waals surface area contributed by atoms with Gasteiger partial charge < -0.3 is 9.47 Å². The molecule has 0 N–H and O–H groups in total. The maximum atomic E-state index is 6.75. The van der Waals surface area contributed by atoms with E-state index in [4.69, 9.17) is 21.1 Å². The van der Waals surface area contributed by atoms with Gasteiger partial charge in [-0.3, -0.25) is 0 Å². The number of hydrogen-bond donors (Lipinski definition) is 0. The number of ether oxygens (including phenoxy) is 2. The first-order valence-electron chi connectivity index (χ1n) is 7.13. The summed E-state index contributed by atoms with van der Waals surface area (Å²) in [5.74, 6) is 1.88. The Bertz CT molecular complexity index is 474. The second kappa shape index (κ2) is 4.99. The molecule has 2 aliphatic heterocycles. The Morgan fingerprint density at radius 2 is 2.00 bits per heavy atom. The maximum absolute atomic E-state index is 6.75. The molecule has 0 bridgehead atoms. The van der Waals surface area contributed by atoms with Crippen molar-refractivity contribution in [2.24, 2.45) is 11.8 Å². The maximum Gasteiger partial charge on any atom is 0.122 e. The Kier molecular flexibility index (Phi) is 3.48. The smallest absolute Gasteiger partial charge is 0.122 e. The molecule has 5 unspecified atom stereocenters. The lowest BCUT2D eigenvalue weighted by molar-refractivity contribution is 0.0508. The summed E-state index contributed by atoms with van der Waals surface area (Å²) in [5.41, 5.74) is 2.49. The van der Waals surface area contributed by atoms with Crippen molar-refractivity contribution < 1.29 is 9.47 Å². The summed E-state index contributed by atoms with van der Waals surface area (Å²) in [7, 11) is 0. The van der Waals surface area contributed by atoms with Gasteiger partial charge in [0.1, 0.15) is 5.75 Å². The molecule has 0 spiro atoms. The number of halogens is 1. The van der Waals surface area contributed by atoms with Gasteiger partial charge in [0.05, 0.1) is 24.2 Å². The zero-order valence-electron chi connectivity index (χ0n) is 11.7. The second-order valence-electron chi connectivity index (χ2n) is 5.85. The highest BCUT2D eigenvalue weighted by Crippen LogP contribution is 2.44. The molecule has 3 heteroatoms. The topological polar surface area (TPSA) is 18.5 Å². The van der Waals surface area contributed by atoms with Gasteiger partial charge in [0.25, 0.3) is 0 Å². The van der Waals surface area contributed by atoms with E-state index in [1.165, 1.54) is 11.1 Å². The summed E-state index contributed by atoms with van der Waals surface area (Å²) in [6.45, 7) is 7.31. The standard InChI is InChI=1S/C16H21ClO2/c1-9-10(2)19-11(3)15(9)16(17)13-4-5-14-12(8-13)6-7-18-14/h4-5,8-11,15-16H,6-7H2,1-3H3. The van der Waals surface area contributed by atoms with Gasteiger partial charge >= 0.3 is 0 Å². The lowest BCUT2D eigenvalue weighted by Gasteiger charge is -2.24. The minimum Gasteiger partial charge on any atom is -0.493 e. The van der Waals surface area contributed by atoms with Crippen LogP contribution in [0.5, 0.6) is 5.75 Å². The highest BCUT2D eigenvalue weighted by molar-refractivity contribution is 6.21. The zero-order chi connectivity index (χ0) is 13.6. The molecule has 3 rings (SSSR count). The molecule has 0 amide bonds. The SMILES string of the molecule is CC1OC(C)C(C(Cl)c2ccc3c(c2)CCO3)C1C. The zero-order valence-corrected chi connectivity index (χ0v) is 12.5. The third-order valence-corrected chi connectivity index (χ3v) is 5.23. The fourth-order valence-corrected chi connectivity index (χ4v) is 3.97. The van der Waals surface area contributed by atoms with Crippen LogP contribution in [0.2, 0.25) is 0 Å². The van der Waals surface area contributed by atoms with Crippen molar-refractivity contribution in [1.82, 2.24) is 0 Å². The third kappa shape index (κ3) is 2.25. The van der Waals surface area contributed by atoms with Crippen LogP contribution in [-0.2, 0) is 11.2 Å². The molecule has 2 nitrogen and oxygen atoms in total. The first-order valence-corrected chi connectivity index (χ1v) is 7.56. The summed E-state index contributed by atoms with van der Waals surface area (Å²) in [6, 6.07) is 6.37. The van der Waals surface area contributed by atoms with Gasteiger partial charge in [0.2, 0.25) is 0 Å². The van der Waals surface area contributed by atoms with E-state index in [1.807, 2.05) is 0 Å². The first-order chi connectivity index (χ1) is 9.08. The third-order valence-electron chi connectivity index (χ3n) is 4.69. The van der Waals surface area contributed by atoms with Gasteiger partial charge in [-0.25, -0.2) is 0 Å². The summed E-state index contributed by atoms with van der Waals surface area (Å²) in [4.78, 5) is 0. The van der Waals surface area contributed by atoms with E-state index in [1.54, 1.807) is 0 Å². The lowest BCUT2D eigenvalue weighted by Crippen LogP contribution is -2.22. The molecule has 2 heterocycles. The quantitative estimate of drug-likeness (QED) is 0.764. The summed E-state index contributed by atoms with van der Waals surface area (Å²) >= 11 is 6.75. The van der Waals surface area contributed by atoms with Gasteiger partial charge in [-0.2, -0.15) is 0 Å². The van der Waals surface area contributed by atoms with E-state index in [-0.39, 0.29) is 11.5 Å². The molecule has 1 aromatic carbocycles. The highest BCUT2D eigenvalue weighted by atomic mass is 35.5. The van der Waals surface area contributed by atoms with Crippen LogP contribution >= 0.6 is 11.6 Å². The van der Waals surface area contributed by atoms with Crippen LogP contribution in [0, 0.1) is 11.8 Å². The van der Waals surface area contributed by atoms with E-state index >= 15 is 0 Å². The Morgan fingerprint density at radius 1 is 1.21 bits per heavy atom. The molecule has 104 valence electrons. The van der Waals surface area contributed by atoms with Crippen molar-refractivity contribution in [1.29, 1.82) is 0 Å². The van der Waals surface area contributed by atoms with E-state index in [0.717, 1.165) is 18.8 Å². The molecule has 1 saturated heterocycles. The largest absolute Gasteiger partial charge is 0.493 e. The van der Waals surface area contributed by atoms with Crippen molar-refractivity contribution in [3.63, 3.8) is 0 Å². The Labute approximate surface area is 120 Å². The molecule has 0 aliphatic carbocycles. The highest BCUT2D eigenvalue weighted by Gasteiger charge is 2.41. The minimum atomic E-state index is 0.0147. The number of benzene rings is 1. The van der Waals surface area contributed by atoms with Crippen molar-refractivity contribution in [3.8, 4) is 5.75 Å². The van der Waals surface area contributed by atoms with E-state index in [9.17, 15) is 0 Å². The monoisotopic (exact) mass is 280 g/mol. The van der Waals surface area contributed by atoms with E-state index < -0.39 is 0 Å². The molecule has 5 atom stereocenters. The van der Waals surface area contributed by atoms with Crippen LogP contribution in [0.3, 0.4) is 0 Å². The Morgan fingerprint density at radius 3 is 2.68 bits per heavy atom. The molecule has 19 heavy (non-hydrogen) atoms. The average molecular weight is 281 g/mol. The summed E-state index contributed by atoms with van der Waals surface area (Å²) in [6.07, 6.45) is 1.51. The molecule has 1 aromatic rings. The fourth-order valence-electron chi connectivity index (χ4n) is 3.40. The van der Waals surface area contributed by atoms with Gasteiger partial charge in [-0.05, 0) is 37.0 Å². The van der Waals surface area contributed by atoms with Gasteiger partial charge in [-0.1, -0.05) is 19.1 Å². The molecule has 0 aromatic heterocycles. The minimum absolute atomic E-state index is 0.0147. The summed E-state index contributed by atoms with van der Waals surface area (Å²) < 4.78 is 11.5. The van der Waals surface area contributed by atoms with Gasteiger partial charge in [0.15, 0.2) is 0 Å². The summed E-state index contributed by atoms with van der Waals surface area (Å²) in [5, 5.41) is 0.0147. The fraction of sp³-hybridized carbons (Fsp3) is 0.625. The Hall–Kier alpha value is -0.730. The van der Waals surface area contributed by atoms with Gasteiger partial charge in [0, 0.05) is 12.3 Å². The van der Waals surface area contributed by atoms with Crippen LogP contribution in [0.4, 0.5) is 0 Å². The van der Waals surface area contributed by atoms with Crippen LogP contribution in [0.25, 0.3) is 0 Å². The van der Waals surface area contributed by atoms with E-state index in [2.05, 4.69) is 39.0 Å². The number of hydrogen-bond acceptors (Lipinski definition) is 2. The van der Waals surface area contributed by atoms with Crippen molar-refractivity contribution in [3.05, 3.63) is 29.3 Å². The van der Waals surface area contributed by atoms with Crippen LogP contribution in [0.15, 0.2) is 18.2 Å². The van der Waals surface area contributed by atoms with Gasteiger partial charge in [-0.15, -0.1) is 11.6 Å². The molecule has 1 fully saturated rings. The lowest BCUT2D eigenvalue weighted by atomic mass is 9.83. The number of fused-ring (bicyclic) bond motifs is 1. The van der Waals surface area contributed by atoms with Crippen LogP contribution in [0.1, 0.15) is 37.3 Å². The van der Waals surface area contributed by atoms with E-state index in [0.29, 0.717) is 17.9 Å². The van der Waals surface area contributed by atoms with Crippen LogP contribution < -0.4 is 4.74 Å². The number of rotatable bonds is 2. The Balaban J connectivity index is 1.85. The number of alkyl halides is 1. The predicted molar refractivity (Wildman–Crippen MR) is 76.9 cm³/mol. The first kappa shape index (κ1) is 13.3. The average Bonchev–Trinajstić information content (AvgIpc) is 2.94. The van der Waals surface area contributed by atoms with Crippen LogP contribution in [-0.4, -0.2) is 18.8 Å². The van der Waals surface area contributed by atoms with Crippen molar-refractivity contribution >= 4 is 11.6 Å². The molecular formula is C16H21ClO2.